The molecular formula is C37H60O. The molecule has 0 atom stereocenters. The lowest BCUT2D eigenvalue weighted by atomic mass is 9.95. The van der Waals surface area contributed by atoms with E-state index >= 15 is 0 Å². The minimum Gasteiger partial charge on any atom is -0.381 e. The van der Waals surface area contributed by atoms with E-state index in [9.17, 15) is 0 Å². The second-order valence-electron chi connectivity index (χ2n) is 8.62. The molecule has 0 unspecified atom stereocenters. The fourth-order valence-electron chi connectivity index (χ4n) is 2.48. The van der Waals surface area contributed by atoms with Crippen LogP contribution in [0, 0.1) is 33.1 Å². The Kier molecular flexibility index (Phi) is 35.8. The smallest absolute Gasteiger partial charge is 0.0503 e. The molecular weight excluding hydrogens is 460 g/mol. The third kappa shape index (κ3) is 27.8. The normalized spacial score (nSPS) is 8.37. The van der Waals surface area contributed by atoms with E-state index in [4.69, 9.17) is 4.74 Å². The van der Waals surface area contributed by atoms with Gasteiger partial charge >= 0.3 is 0 Å². The van der Waals surface area contributed by atoms with Crippen LogP contribution in [-0.2, 0) is 4.74 Å². The van der Waals surface area contributed by atoms with Gasteiger partial charge in [-0.15, -0.1) is 12.3 Å². The summed E-state index contributed by atoms with van der Waals surface area (Å²) in [7, 11) is 0. The molecule has 0 aliphatic heterocycles. The summed E-state index contributed by atoms with van der Waals surface area (Å²) in [4.78, 5) is 0. The standard InChI is InChI=1S/C13H16.C9H18O.C7H8.C3H8.C3H4.C2H6/c1-9(2)11(4)13-8-6-7-10(3)12(13)5;1-4-7-10-8-6-9(3)5-2;1-7-5-3-2-4-6-7;2*1-3-2;1-2/h6-8H,1,4H2,2-3,5H3;3-8H2,1-2H3;2-6H,1H3;3H2,1-2H3;1H,2H3;1-2H3. The fourth-order valence-corrected chi connectivity index (χ4v) is 2.48. The maximum absolute atomic E-state index is 5.29. The van der Waals surface area contributed by atoms with Crippen molar-refractivity contribution in [3.63, 3.8) is 0 Å². The van der Waals surface area contributed by atoms with Gasteiger partial charge in [0.2, 0.25) is 0 Å². The largest absolute Gasteiger partial charge is 0.381 e. The Morgan fingerprint density at radius 1 is 0.842 bits per heavy atom. The first-order valence-corrected chi connectivity index (χ1v) is 14.1. The van der Waals surface area contributed by atoms with Crippen molar-refractivity contribution in [3.8, 4) is 12.3 Å². The first-order valence-electron chi connectivity index (χ1n) is 14.1. The van der Waals surface area contributed by atoms with Crippen LogP contribution in [0.2, 0.25) is 0 Å². The summed E-state index contributed by atoms with van der Waals surface area (Å²) < 4.78 is 5.29. The summed E-state index contributed by atoms with van der Waals surface area (Å²) in [6.45, 7) is 36.0. The molecule has 0 amide bonds. The van der Waals surface area contributed by atoms with Crippen LogP contribution in [-0.4, -0.2) is 13.2 Å². The van der Waals surface area contributed by atoms with Crippen molar-refractivity contribution >= 4 is 5.57 Å². The van der Waals surface area contributed by atoms with Crippen molar-refractivity contribution in [2.24, 2.45) is 0 Å². The lowest BCUT2D eigenvalue weighted by Gasteiger charge is -2.10. The number of terminal acetylenes is 1. The van der Waals surface area contributed by atoms with Gasteiger partial charge in [-0.25, -0.2) is 0 Å². The van der Waals surface area contributed by atoms with Crippen LogP contribution in [0.4, 0.5) is 0 Å². The van der Waals surface area contributed by atoms with E-state index in [1.54, 1.807) is 6.92 Å². The molecule has 2 rings (SSSR count). The van der Waals surface area contributed by atoms with Gasteiger partial charge in [-0.3, -0.25) is 0 Å². The first-order chi connectivity index (χ1) is 18.1. The molecule has 1 nitrogen and oxygen atoms in total. The highest BCUT2D eigenvalue weighted by molar-refractivity contribution is 5.78. The SMILES string of the molecule is C#CC.C=C(C)C(=C)c1cccc(C)c1C.C=C(CC)CCOCCC.CC.CCC.Cc1ccccc1. The Hall–Kier alpha value is -2.82. The third-order valence-corrected chi connectivity index (χ3v) is 4.83. The molecule has 1 heteroatoms. The van der Waals surface area contributed by atoms with Gasteiger partial charge in [0.25, 0.3) is 0 Å². The number of aryl methyl sites for hydroxylation is 2. The molecule has 38 heavy (non-hydrogen) atoms. The summed E-state index contributed by atoms with van der Waals surface area (Å²) >= 11 is 0. The van der Waals surface area contributed by atoms with Gasteiger partial charge < -0.3 is 4.74 Å². The van der Waals surface area contributed by atoms with Crippen LogP contribution in [0.5, 0.6) is 0 Å². The molecule has 214 valence electrons. The van der Waals surface area contributed by atoms with Crippen molar-refractivity contribution in [1.29, 1.82) is 0 Å². The highest BCUT2D eigenvalue weighted by Gasteiger charge is 2.04. The average Bonchev–Trinajstić information content (AvgIpc) is 2.91. The van der Waals surface area contributed by atoms with Gasteiger partial charge in [-0.05, 0) is 76.1 Å². The zero-order valence-electron chi connectivity index (χ0n) is 27.0. The maximum atomic E-state index is 5.29. The second-order valence-corrected chi connectivity index (χ2v) is 8.62. The number of hydrogen-bond donors (Lipinski definition) is 0. The molecule has 0 aliphatic rings. The van der Waals surface area contributed by atoms with E-state index in [1.165, 1.54) is 34.2 Å². The maximum Gasteiger partial charge on any atom is 0.0503 e. The molecule has 0 saturated carbocycles. The Labute approximate surface area is 239 Å². The molecule has 2 aromatic carbocycles. The predicted molar refractivity (Wildman–Crippen MR) is 178 cm³/mol. The number of benzene rings is 2. The van der Waals surface area contributed by atoms with Crippen LogP contribution in [0.1, 0.15) is 103 Å². The van der Waals surface area contributed by atoms with Crippen LogP contribution in [0.3, 0.4) is 0 Å². The lowest BCUT2D eigenvalue weighted by molar-refractivity contribution is 0.137. The summed E-state index contributed by atoms with van der Waals surface area (Å²) in [6, 6.07) is 16.5. The molecule has 0 saturated heterocycles. The first kappa shape index (κ1) is 42.3. The highest BCUT2D eigenvalue weighted by Crippen LogP contribution is 2.24. The lowest BCUT2D eigenvalue weighted by Crippen LogP contribution is -1.96. The summed E-state index contributed by atoms with van der Waals surface area (Å²) in [5.41, 5.74) is 8.51. The van der Waals surface area contributed by atoms with Crippen molar-refractivity contribution in [2.45, 2.75) is 102 Å². The predicted octanol–water partition coefficient (Wildman–Crippen LogP) is 11.7. The van der Waals surface area contributed by atoms with E-state index in [0.29, 0.717) is 0 Å². The molecule has 0 bridgehead atoms. The highest BCUT2D eigenvalue weighted by atomic mass is 16.5. The average molecular weight is 521 g/mol. The molecule has 0 N–H and O–H groups in total. The summed E-state index contributed by atoms with van der Waals surface area (Å²) in [6.07, 6.45) is 9.06. The Morgan fingerprint density at radius 3 is 1.71 bits per heavy atom. The van der Waals surface area contributed by atoms with Gasteiger partial charge in [0.15, 0.2) is 0 Å². The monoisotopic (exact) mass is 520 g/mol. The molecule has 0 radical (unpaired) electrons. The van der Waals surface area contributed by atoms with E-state index in [1.807, 2.05) is 39.0 Å². The van der Waals surface area contributed by atoms with E-state index < -0.39 is 0 Å². The van der Waals surface area contributed by atoms with E-state index in [-0.39, 0.29) is 0 Å². The van der Waals surface area contributed by atoms with Gasteiger partial charge in [0, 0.05) is 6.61 Å². The molecule has 0 spiro atoms. The van der Waals surface area contributed by atoms with Crippen molar-refractivity contribution in [3.05, 3.63) is 102 Å². The van der Waals surface area contributed by atoms with Crippen molar-refractivity contribution < 1.29 is 4.74 Å². The van der Waals surface area contributed by atoms with Gasteiger partial charge in [0.1, 0.15) is 0 Å². The third-order valence-electron chi connectivity index (χ3n) is 4.83. The number of allylic oxidation sites excluding steroid dienone is 2. The zero-order chi connectivity index (χ0) is 30.4. The van der Waals surface area contributed by atoms with Crippen molar-refractivity contribution in [2.75, 3.05) is 13.2 Å². The molecule has 0 aliphatic carbocycles. The van der Waals surface area contributed by atoms with E-state index in [0.717, 1.165) is 43.6 Å². The topological polar surface area (TPSA) is 9.23 Å². The zero-order valence-corrected chi connectivity index (χ0v) is 27.0. The van der Waals surface area contributed by atoms with Crippen LogP contribution < -0.4 is 0 Å². The molecule has 0 aromatic heterocycles. The van der Waals surface area contributed by atoms with E-state index in [2.05, 4.69) is 111 Å². The van der Waals surface area contributed by atoms with Gasteiger partial charge in [0.05, 0.1) is 6.61 Å². The molecule has 0 fully saturated rings. The summed E-state index contributed by atoms with van der Waals surface area (Å²) in [5.74, 6) is 2.25. The molecule has 2 aromatic rings. The quantitative estimate of drug-likeness (QED) is 0.145. The second kappa shape index (κ2) is 32.2. The molecule has 0 heterocycles. The van der Waals surface area contributed by atoms with Gasteiger partial charge in [-0.1, -0.05) is 133 Å². The van der Waals surface area contributed by atoms with Gasteiger partial charge in [-0.2, -0.15) is 0 Å². The number of ether oxygens (including phenoxy) is 1. The minimum absolute atomic E-state index is 0.848. The Morgan fingerprint density at radius 2 is 1.34 bits per heavy atom. The minimum atomic E-state index is 0.848. The van der Waals surface area contributed by atoms with Crippen LogP contribution >= 0.6 is 0 Å². The Bertz CT molecular complexity index is 865. The summed E-state index contributed by atoms with van der Waals surface area (Å²) in [5, 5.41) is 0. The number of hydrogen-bond acceptors (Lipinski definition) is 1. The number of rotatable bonds is 8. The Balaban J connectivity index is -0.000000206. The van der Waals surface area contributed by atoms with Crippen LogP contribution in [0.15, 0.2) is 79.4 Å². The fraction of sp³-hybridized carbons (Fsp3) is 0.459. The van der Waals surface area contributed by atoms with Crippen LogP contribution in [0.25, 0.3) is 5.57 Å². The van der Waals surface area contributed by atoms with Crippen molar-refractivity contribution in [1.82, 2.24) is 0 Å².